The number of rotatable bonds is 5. The Balaban J connectivity index is 0.00000205. The van der Waals surface area contributed by atoms with E-state index in [9.17, 15) is 18.0 Å². The third kappa shape index (κ3) is 6.73. The fraction of sp³-hybridized carbons (Fsp3) is 0.393. The van der Waals surface area contributed by atoms with Crippen LogP contribution < -0.4 is 10.6 Å². The summed E-state index contributed by atoms with van der Waals surface area (Å²) in [6.07, 6.45) is -3.15. The zero-order valence-corrected chi connectivity index (χ0v) is 22.9. The first kappa shape index (κ1) is 30.0. The van der Waals surface area contributed by atoms with Gasteiger partial charge >= 0.3 is 6.18 Å². The second kappa shape index (κ2) is 13.0. The number of halogens is 3. The van der Waals surface area contributed by atoms with Crippen LogP contribution in [0, 0.1) is 0 Å². The summed E-state index contributed by atoms with van der Waals surface area (Å²) < 4.78 is 42.5. The molecule has 0 radical (unpaired) electrons. The molecule has 1 fully saturated rings. The molecule has 2 heterocycles. The van der Waals surface area contributed by atoms with Crippen molar-refractivity contribution in [1.82, 2.24) is 14.7 Å². The van der Waals surface area contributed by atoms with Crippen LogP contribution in [0.25, 0.3) is 0 Å². The first-order chi connectivity index (χ1) is 18.6. The van der Waals surface area contributed by atoms with Crippen molar-refractivity contribution in [3.63, 3.8) is 0 Å². The van der Waals surface area contributed by atoms with Gasteiger partial charge in [0.05, 0.1) is 28.7 Å². The van der Waals surface area contributed by atoms with Gasteiger partial charge in [0.15, 0.2) is 5.84 Å². The Morgan fingerprint density at radius 3 is 2.26 bits per heavy atom. The minimum Gasteiger partial charge on any atom is -0.333 e. The smallest absolute Gasteiger partial charge is 0.333 e. The number of piperazine rings is 1. The molecule has 0 spiro atoms. The number of benzene rings is 2. The Morgan fingerprint density at radius 1 is 1.00 bits per heavy atom. The first-order valence-electron chi connectivity index (χ1n) is 12.7. The lowest BCUT2D eigenvalue weighted by molar-refractivity contribution is -0.138. The average molecular weight is 544 g/mol. The van der Waals surface area contributed by atoms with Crippen molar-refractivity contribution < 1.29 is 18.0 Å². The normalized spacial score (nSPS) is 19.0. The molecule has 2 N–H and O–H groups in total. The lowest BCUT2D eigenvalue weighted by atomic mass is 10.0. The molecule has 8 nitrogen and oxygen atoms in total. The van der Waals surface area contributed by atoms with Crippen LogP contribution >= 0.6 is 0 Å². The molecule has 0 aliphatic carbocycles. The quantitative estimate of drug-likeness (QED) is 0.572. The molecular formula is C28H36F3N7O. The van der Waals surface area contributed by atoms with E-state index in [2.05, 4.69) is 39.2 Å². The number of nitrogens with two attached hydrogens (primary N) is 1. The number of likely N-dealkylation sites (N-methyl/N-ethyl adjacent to an activating group) is 3. The van der Waals surface area contributed by atoms with Crippen LogP contribution in [0.15, 0.2) is 64.3 Å². The molecule has 0 atom stereocenters. The van der Waals surface area contributed by atoms with Crippen molar-refractivity contribution >= 4 is 29.8 Å². The molecule has 1 amide bonds. The molecule has 11 heteroatoms. The number of fused-ring (bicyclic) bond motifs is 1. The van der Waals surface area contributed by atoms with Gasteiger partial charge in [0.25, 0.3) is 5.91 Å². The Morgan fingerprint density at radius 2 is 1.64 bits per heavy atom. The molecule has 0 bridgehead atoms. The van der Waals surface area contributed by atoms with Crippen LogP contribution in [-0.4, -0.2) is 87.0 Å². The summed E-state index contributed by atoms with van der Waals surface area (Å²) >= 11 is 0. The summed E-state index contributed by atoms with van der Waals surface area (Å²) in [5, 5.41) is 0. The molecule has 210 valence electrons. The van der Waals surface area contributed by atoms with Crippen molar-refractivity contribution in [2.75, 3.05) is 58.8 Å². The third-order valence-electron chi connectivity index (χ3n) is 6.86. The topological polar surface area (TPSA) is 80.8 Å². The van der Waals surface area contributed by atoms with Gasteiger partial charge in [-0.15, -0.1) is 0 Å². The number of amides is 1. The van der Waals surface area contributed by atoms with Gasteiger partial charge < -0.3 is 20.4 Å². The van der Waals surface area contributed by atoms with Crippen LogP contribution in [0.2, 0.25) is 0 Å². The van der Waals surface area contributed by atoms with E-state index in [0.29, 0.717) is 16.9 Å². The van der Waals surface area contributed by atoms with E-state index in [0.717, 1.165) is 38.8 Å². The maximum atomic E-state index is 14.2. The maximum Gasteiger partial charge on any atom is 0.416 e. The fourth-order valence-electron chi connectivity index (χ4n) is 4.70. The summed E-state index contributed by atoms with van der Waals surface area (Å²) in [5.74, 6) is 0.00168. The van der Waals surface area contributed by atoms with Gasteiger partial charge in [-0.1, -0.05) is 25.1 Å². The number of amidine groups is 1. The highest BCUT2D eigenvalue weighted by Crippen LogP contribution is 2.36. The molecule has 0 saturated carbocycles. The van der Waals surface area contributed by atoms with Crippen molar-refractivity contribution in [1.29, 1.82) is 0 Å². The van der Waals surface area contributed by atoms with Gasteiger partial charge in [-0.2, -0.15) is 13.2 Å². The minimum atomic E-state index is -4.53. The van der Waals surface area contributed by atoms with Gasteiger partial charge in [0.1, 0.15) is 5.70 Å². The number of aliphatic imine (C=N–C) groups is 2. The highest BCUT2D eigenvalue weighted by molar-refractivity contribution is 6.18. The van der Waals surface area contributed by atoms with E-state index in [1.54, 1.807) is 49.3 Å². The number of para-hydroxylation sites is 1. The van der Waals surface area contributed by atoms with Gasteiger partial charge in [0.2, 0.25) is 0 Å². The van der Waals surface area contributed by atoms with Crippen molar-refractivity contribution in [2.24, 2.45) is 15.7 Å². The minimum absolute atomic E-state index is 0.129. The highest BCUT2D eigenvalue weighted by Gasteiger charge is 2.35. The van der Waals surface area contributed by atoms with Gasteiger partial charge in [-0.3, -0.25) is 14.7 Å². The maximum absolute atomic E-state index is 14.2. The summed E-state index contributed by atoms with van der Waals surface area (Å²) in [6.45, 7) is 9.87. The van der Waals surface area contributed by atoms with E-state index >= 15 is 0 Å². The van der Waals surface area contributed by atoms with Gasteiger partial charge in [-0.25, -0.2) is 4.99 Å². The van der Waals surface area contributed by atoms with Crippen LogP contribution in [0.5, 0.6) is 0 Å². The van der Waals surface area contributed by atoms with Crippen LogP contribution in [0.4, 0.5) is 24.5 Å². The summed E-state index contributed by atoms with van der Waals surface area (Å²) in [5.41, 5.74) is 5.50. The first-order valence-corrected chi connectivity index (χ1v) is 12.7. The van der Waals surface area contributed by atoms with Gasteiger partial charge in [-0.05, 0) is 50.1 Å². The summed E-state index contributed by atoms with van der Waals surface area (Å²) in [6, 6.07) is 11.2. The average Bonchev–Trinajstić information content (AvgIpc) is 3.01. The third-order valence-corrected chi connectivity index (χ3v) is 6.86. The Kier molecular flexibility index (Phi) is 10.0. The van der Waals surface area contributed by atoms with Crippen molar-refractivity contribution in [3.8, 4) is 0 Å². The Hall–Kier alpha value is -3.54. The Labute approximate surface area is 227 Å². The van der Waals surface area contributed by atoms with E-state index < -0.39 is 11.7 Å². The molecule has 2 aromatic rings. The molecule has 0 aromatic heterocycles. The second-order valence-electron chi connectivity index (χ2n) is 9.12. The zero-order chi connectivity index (χ0) is 28.7. The lowest BCUT2D eigenvalue weighted by Gasteiger charge is -2.34. The zero-order valence-electron chi connectivity index (χ0n) is 22.9. The molecule has 0 unspecified atom stereocenters. The van der Waals surface area contributed by atoms with E-state index in [1.165, 1.54) is 24.2 Å². The number of nitrogens with zero attached hydrogens (tertiary/aromatic N) is 6. The number of hydrogen-bond donors (Lipinski definition) is 1. The lowest BCUT2D eigenvalue weighted by Crippen LogP contribution is -2.45. The number of hydrogen-bond acceptors (Lipinski definition) is 6. The molecule has 2 aliphatic rings. The van der Waals surface area contributed by atoms with Gasteiger partial charge in [0, 0.05) is 46.8 Å². The molecule has 2 aromatic carbocycles. The molecule has 2 aliphatic heterocycles. The fourth-order valence-corrected chi connectivity index (χ4v) is 4.70. The van der Waals surface area contributed by atoms with E-state index in [1.807, 2.05) is 0 Å². The summed E-state index contributed by atoms with van der Waals surface area (Å²) in [7, 11) is 4.79. The van der Waals surface area contributed by atoms with Crippen molar-refractivity contribution in [3.05, 3.63) is 71.1 Å². The van der Waals surface area contributed by atoms with E-state index in [4.69, 9.17) is 0 Å². The number of anilines is 1. The molecule has 4 rings (SSSR count). The Bertz CT molecular complexity index is 1230. The monoisotopic (exact) mass is 543 g/mol. The SMILES string of the molecule is C=N/C=C1\C(=Nc2ccc(CN3CCN(CC)CC3)c(C(F)(F)F)c2)N(C)c2ccccc2C(=O)N1C.CN. The van der Waals surface area contributed by atoms with Crippen LogP contribution in [-0.2, 0) is 12.7 Å². The van der Waals surface area contributed by atoms with Crippen LogP contribution in [0.3, 0.4) is 0 Å². The number of alkyl halides is 3. The van der Waals surface area contributed by atoms with Crippen molar-refractivity contribution in [2.45, 2.75) is 19.6 Å². The predicted molar refractivity (Wildman–Crippen MR) is 151 cm³/mol. The highest BCUT2D eigenvalue weighted by atomic mass is 19.4. The molecule has 39 heavy (non-hydrogen) atoms. The number of carbonyl (C=O) groups is 1. The molecule has 1 saturated heterocycles. The summed E-state index contributed by atoms with van der Waals surface area (Å²) in [4.78, 5) is 28.9. The second-order valence-corrected chi connectivity index (χ2v) is 9.12. The predicted octanol–water partition coefficient (Wildman–Crippen LogP) is 4.21. The number of carbonyl (C=O) groups excluding carboxylic acids is 1. The largest absolute Gasteiger partial charge is 0.416 e. The van der Waals surface area contributed by atoms with Crippen LogP contribution in [0.1, 0.15) is 28.4 Å². The molecular weight excluding hydrogens is 507 g/mol. The standard InChI is InChI=1S/C27H31F3N6O.CH5N/c1-5-35-12-14-36(15-13-35)18-19-10-11-20(16-22(19)27(28,29)30)32-25-24(17-31-2)34(4)26(37)21-8-6-7-9-23(21)33(25)3;1-2/h6-11,16-17H,2,5,12-15,18H2,1,3-4H3;2H2,1H3/b24-17+,32-25?;. The van der Waals surface area contributed by atoms with E-state index in [-0.39, 0.29) is 29.5 Å².